The zero-order valence-electron chi connectivity index (χ0n) is 15.1. The SMILES string of the molecule is CCN(CC)S(=O)(=O)c1cccc(C(=O)NCCC2=CCCCC2)c1. The van der Waals surface area contributed by atoms with Crippen LogP contribution in [-0.4, -0.2) is 38.3 Å². The second-order valence-electron chi connectivity index (χ2n) is 6.23. The van der Waals surface area contributed by atoms with Crippen molar-refractivity contribution in [2.75, 3.05) is 19.6 Å². The lowest BCUT2D eigenvalue weighted by Gasteiger charge is -2.18. The van der Waals surface area contributed by atoms with Crippen molar-refractivity contribution in [3.63, 3.8) is 0 Å². The van der Waals surface area contributed by atoms with Crippen molar-refractivity contribution in [3.8, 4) is 0 Å². The highest BCUT2D eigenvalue weighted by Gasteiger charge is 2.22. The molecule has 138 valence electrons. The van der Waals surface area contributed by atoms with Crippen LogP contribution in [0.15, 0.2) is 40.8 Å². The van der Waals surface area contributed by atoms with E-state index < -0.39 is 10.0 Å². The molecule has 1 aromatic carbocycles. The van der Waals surface area contributed by atoms with Gasteiger partial charge in [-0.15, -0.1) is 0 Å². The van der Waals surface area contributed by atoms with E-state index in [1.807, 2.05) is 0 Å². The van der Waals surface area contributed by atoms with E-state index in [1.54, 1.807) is 26.0 Å². The maximum atomic E-state index is 12.6. The first-order chi connectivity index (χ1) is 12.0. The predicted molar refractivity (Wildman–Crippen MR) is 100 cm³/mol. The number of benzene rings is 1. The fourth-order valence-electron chi connectivity index (χ4n) is 3.08. The summed E-state index contributed by atoms with van der Waals surface area (Å²) in [5, 5.41) is 2.89. The Morgan fingerprint density at radius 1 is 1.20 bits per heavy atom. The van der Waals surface area contributed by atoms with Gasteiger partial charge in [-0.3, -0.25) is 4.79 Å². The molecule has 0 atom stereocenters. The molecule has 1 aliphatic carbocycles. The number of rotatable bonds is 8. The fourth-order valence-corrected chi connectivity index (χ4v) is 4.59. The molecule has 5 nitrogen and oxygen atoms in total. The van der Waals surface area contributed by atoms with Crippen LogP contribution in [0.1, 0.15) is 56.3 Å². The molecule has 0 aliphatic heterocycles. The summed E-state index contributed by atoms with van der Waals surface area (Å²) in [5.41, 5.74) is 1.79. The summed E-state index contributed by atoms with van der Waals surface area (Å²) in [6, 6.07) is 6.27. The van der Waals surface area contributed by atoms with E-state index in [-0.39, 0.29) is 10.8 Å². The number of allylic oxidation sites excluding steroid dienone is 1. The maximum Gasteiger partial charge on any atom is 0.251 e. The molecular weight excluding hydrogens is 336 g/mol. The third kappa shape index (κ3) is 5.16. The highest BCUT2D eigenvalue weighted by Crippen LogP contribution is 2.20. The van der Waals surface area contributed by atoms with Crippen LogP contribution in [0.5, 0.6) is 0 Å². The third-order valence-electron chi connectivity index (χ3n) is 4.56. The van der Waals surface area contributed by atoms with Crippen LogP contribution in [0.2, 0.25) is 0 Å². The minimum absolute atomic E-state index is 0.166. The molecule has 0 fully saturated rings. The van der Waals surface area contributed by atoms with E-state index in [2.05, 4.69) is 11.4 Å². The number of carbonyl (C=O) groups is 1. The van der Waals surface area contributed by atoms with Crippen molar-refractivity contribution in [2.24, 2.45) is 0 Å². The zero-order chi connectivity index (χ0) is 18.3. The smallest absolute Gasteiger partial charge is 0.251 e. The molecule has 1 amide bonds. The molecule has 25 heavy (non-hydrogen) atoms. The van der Waals surface area contributed by atoms with E-state index in [1.165, 1.54) is 34.9 Å². The Morgan fingerprint density at radius 2 is 1.96 bits per heavy atom. The molecule has 0 radical (unpaired) electrons. The van der Waals surface area contributed by atoms with Crippen molar-refractivity contribution < 1.29 is 13.2 Å². The largest absolute Gasteiger partial charge is 0.352 e. The van der Waals surface area contributed by atoms with Gasteiger partial charge in [0.1, 0.15) is 0 Å². The number of nitrogens with one attached hydrogen (secondary N) is 1. The van der Waals surface area contributed by atoms with Crippen LogP contribution in [0.25, 0.3) is 0 Å². The minimum atomic E-state index is -3.55. The van der Waals surface area contributed by atoms with E-state index in [4.69, 9.17) is 0 Å². The monoisotopic (exact) mass is 364 g/mol. The summed E-state index contributed by atoms with van der Waals surface area (Å²) >= 11 is 0. The van der Waals surface area contributed by atoms with Gasteiger partial charge in [0.2, 0.25) is 10.0 Å². The van der Waals surface area contributed by atoms with Crippen LogP contribution in [-0.2, 0) is 10.0 Å². The van der Waals surface area contributed by atoms with Crippen molar-refractivity contribution in [2.45, 2.75) is 50.8 Å². The minimum Gasteiger partial charge on any atom is -0.352 e. The Morgan fingerprint density at radius 3 is 2.60 bits per heavy atom. The van der Waals surface area contributed by atoms with E-state index in [9.17, 15) is 13.2 Å². The summed E-state index contributed by atoms with van der Waals surface area (Å²) in [6.45, 7) is 5.00. The lowest BCUT2D eigenvalue weighted by molar-refractivity contribution is 0.0954. The first kappa shape index (κ1) is 19.7. The van der Waals surface area contributed by atoms with Crippen LogP contribution >= 0.6 is 0 Å². The normalized spacial score (nSPS) is 15.1. The molecule has 0 spiro atoms. The second kappa shape index (κ2) is 9.15. The molecule has 0 unspecified atom stereocenters. The van der Waals surface area contributed by atoms with Gasteiger partial charge in [-0.25, -0.2) is 8.42 Å². The van der Waals surface area contributed by atoms with Gasteiger partial charge >= 0.3 is 0 Å². The van der Waals surface area contributed by atoms with Gasteiger partial charge in [0.15, 0.2) is 0 Å². The quantitative estimate of drug-likeness (QED) is 0.720. The molecule has 0 bridgehead atoms. The number of nitrogens with zero attached hydrogens (tertiary/aromatic N) is 1. The van der Waals surface area contributed by atoms with Gasteiger partial charge in [-0.05, 0) is 50.3 Å². The average Bonchev–Trinajstić information content (AvgIpc) is 2.63. The number of sulfonamides is 1. The highest BCUT2D eigenvalue weighted by atomic mass is 32.2. The van der Waals surface area contributed by atoms with Crippen molar-refractivity contribution >= 4 is 15.9 Å². The number of hydrogen-bond acceptors (Lipinski definition) is 3. The van der Waals surface area contributed by atoms with Gasteiger partial charge in [-0.1, -0.05) is 31.6 Å². The molecule has 1 aliphatic rings. The van der Waals surface area contributed by atoms with Crippen LogP contribution in [0, 0.1) is 0 Å². The van der Waals surface area contributed by atoms with Crippen molar-refractivity contribution in [1.82, 2.24) is 9.62 Å². The summed E-state index contributed by atoms with van der Waals surface area (Å²) in [7, 11) is -3.55. The molecule has 0 saturated carbocycles. The first-order valence-corrected chi connectivity index (χ1v) is 10.5. The van der Waals surface area contributed by atoms with Crippen molar-refractivity contribution in [3.05, 3.63) is 41.5 Å². The Kier molecular flexibility index (Phi) is 7.20. The molecule has 0 saturated heterocycles. The summed E-state index contributed by atoms with van der Waals surface area (Å²) in [4.78, 5) is 12.5. The van der Waals surface area contributed by atoms with Crippen LogP contribution in [0.4, 0.5) is 0 Å². The fraction of sp³-hybridized carbons (Fsp3) is 0.526. The third-order valence-corrected chi connectivity index (χ3v) is 6.60. The van der Waals surface area contributed by atoms with Gasteiger partial charge in [0, 0.05) is 25.2 Å². The maximum absolute atomic E-state index is 12.6. The van der Waals surface area contributed by atoms with Gasteiger partial charge in [0.25, 0.3) is 5.91 Å². The summed E-state index contributed by atoms with van der Waals surface area (Å²) < 4.78 is 26.5. The lowest BCUT2D eigenvalue weighted by atomic mass is 9.97. The van der Waals surface area contributed by atoms with Crippen LogP contribution in [0.3, 0.4) is 0 Å². The second-order valence-corrected chi connectivity index (χ2v) is 8.17. The topological polar surface area (TPSA) is 66.5 Å². The number of amides is 1. The molecule has 2 rings (SSSR count). The molecule has 1 N–H and O–H groups in total. The highest BCUT2D eigenvalue weighted by molar-refractivity contribution is 7.89. The molecule has 1 aromatic rings. The zero-order valence-corrected chi connectivity index (χ0v) is 15.9. The predicted octanol–water partition coefficient (Wildman–Crippen LogP) is 3.34. The first-order valence-electron chi connectivity index (χ1n) is 9.05. The summed E-state index contributed by atoms with van der Waals surface area (Å²) in [6.07, 6.45) is 7.87. The van der Waals surface area contributed by atoms with Gasteiger partial charge in [-0.2, -0.15) is 4.31 Å². The van der Waals surface area contributed by atoms with Gasteiger partial charge in [0.05, 0.1) is 4.90 Å². The van der Waals surface area contributed by atoms with Crippen LogP contribution < -0.4 is 5.32 Å². The Bertz CT molecular complexity index is 722. The molecule has 0 aromatic heterocycles. The molecule has 6 heteroatoms. The van der Waals surface area contributed by atoms with Crippen molar-refractivity contribution in [1.29, 1.82) is 0 Å². The summed E-state index contributed by atoms with van der Waals surface area (Å²) in [5.74, 6) is -0.229. The molecular formula is C19H28N2O3S. The Balaban J connectivity index is 2.02. The standard InChI is InChI=1S/C19H28N2O3S/c1-3-21(4-2)25(23,24)18-12-8-11-17(15-18)19(22)20-14-13-16-9-6-5-7-10-16/h8-9,11-12,15H,3-7,10,13-14H2,1-2H3,(H,20,22). The van der Waals surface area contributed by atoms with E-state index in [0.29, 0.717) is 25.2 Å². The van der Waals surface area contributed by atoms with E-state index in [0.717, 1.165) is 19.3 Å². The van der Waals surface area contributed by atoms with Gasteiger partial charge < -0.3 is 5.32 Å². The molecule has 0 heterocycles. The Labute approximate surface area is 151 Å². The number of carbonyl (C=O) groups excluding carboxylic acids is 1. The average molecular weight is 365 g/mol. The lowest BCUT2D eigenvalue weighted by Crippen LogP contribution is -2.31. The van der Waals surface area contributed by atoms with E-state index >= 15 is 0 Å². The Hall–Kier alpha value is -1.66. The number of hydrogen-bond donors (Lipinski definition) is 1.